The monoisotopic (exact) mass is 290 g/mol. The van der Waals surface area contributed by atoms with E-state index in [4.69, 9.17) is 11.6 Å². The highest BCUT2D eigenvalue weighted by Gasteiger charge is 2.12. The fourth-order valence-electron chi connectivity index (χ4n) is 1.71. The predicted molar refractivity (Wildman–Crippen MR) is 78.9 cm³/mol. The van der Waals surface area contributed by atoms with Crippen molar-refractivity contribution in [2.45, 2.75) is 13.5 Å². The average molecular weight is 291 g/mol. The van der Waals surface area contributed by atoms with E-state index in [1.54, 1.807) is 19.3 Å². The summed E-state index contributed by atoms with van der Waals surface area (Å²) in [4.78, 5) is 20.4. The minimum Gasteiger partial charge on any atom is -0.373 e. The maximum absolute atomic E-state index is 12.1. The van der Waals surface area contributed by atoms with Crippen LogP contribution in [0.1, 0.15) is 21.6 Å². The maximum atomic E-state index is 12.1. The Balaban J connectivity index is 2.11. The van der Waals surface area contributed by atoms with Crippen molar-refractivity contribution >= 4 is 23.3 Å². The molecule has 0 unspecified atom stereocenters. The van der Waals surface area contributed by atoms with Crippen LogP contribution in [-0.4, -0.2) is 22.9 Å². The predicted octanol–water partition coefficient (Wildman–Crippen LogP) is 2.41. The van der Waals surface area contributed by atoms with Crippen molar-refractivity contribution in [1.29, 1.82) is 0 Å². The first-order valence-electron chi connectivity index (χ1n) is 6.14. The molecule has 2 aromatic heterocycles. The van der Waals surface area contributed by atoms with Gasteiger partial charge in [-0.1, -0.05) is 17.7 Å². The number of anilines is 1. The molecule has 20 heavy (non-hydrogen) atoms. The maximum Gasteiger partial charge on any atom is 0.253 e. The van der Waals surface area contributed by atoms with Gasteiger partial charge >= 0.3 is 0 Å². The lowest BCUT2D eigenvalue weighted by atomic mass is 10.2. The minimum absolute atomic E-state index is 0.251. The molecule has 0 aromatic carbocycles. The molecular formula is C14H15ClN4O. The second-order valence-electron chi connectivity index (χ2n) is 4.25. The summed E-state index contributed by atoms with van der Waals surface area (Å²) < 4.78 is 0. The Morgan fingerprint density at radius 1 is 1.40 bits per heavy atom. The SMILES string of the molecule is CNc1cc(C(=O)NCc2ncccc2C)c(Cl)cn1. The van der Waals surface area contributed by atoms with Crippen LogP contribution in [0.2, 0.25) is 5.02 Å². The zero-order chi connectivity index (χ0) is 14.5. The van der Waals surface area contributed by atoms with Crippen molar-refractivity contribution in [3.63, 3.8) is 0 Å². The molecule has 1 amide bonds. The van der Waals surface area contributed by atoms with Crippen LogP contribution >= 0.6 is 11.6 Å². The highest BCUT2D eigenvalue weighted by molar-refractivity contribution is 6.33. The number of hydrogen-bond acceptors (Lipinski definition) is 4. The van der Waals surface area contributed by atoms with E-state index < -0.39 is 0 Å². The molecule has 6 heteroatoms. The highest BCUT2D eigenvalue weighted by atomic mass is 35.5. The van der Waals surface area contributed by atoms with Crippen molar-refractivity contribution in [3.8, 4) is 0 Å². The van der Waals surface area contributed by atoms with E-state index in [-0.39, 0.29) is 5.91 Å². The van der Waals surface area contributed by atoms with Crippen LogP contribution in [0, 0.1) is 6.92 Å². The first-order chi connectivity index (χ1) is 9.61. The van der Waals surface area contributed by atoms with Gasteiger partial charge < -0.3 is 10.6 Å². The summed E-state index contributed by atoms with van der Waals surface area (Å²) in [5.74, 6) is 0.340. The summed E-state index contributed by atoms with van der Waals surface area (Å²) in [6.45, 7) is 2.31. The quantitative estimate of drug-likeness (QED) is 0.907. The molecule has 5 nitrogen and oxygen atoms in total. The Labute approximate surface area is 122 Å². The third-order valence-electron chi connectivity index (χ3n) is 2.89. The Bertz CT molecular complexity index is 630. The standard InChI is InChI=1S/C14H15ClN4O/c1-9-4-3-5-17-12(9)8-19-14(20)10-6-13(16-2)18-7-11(10)15/h3-7H,8H2,1-2H3,(H,16,18)(H,19,20). The second kappa shape index (κ2) is 6.34. The van der Waals surface area contributed by atoms with Crippen molar-refractivity contribution in [2.24, 2.45) is 0 Å². The van der Waals surface area contributed by atoms with Gasteiger partial charge in [0.25, 0.3) is 5.91 Å². The van der Waals surface area contributed by atoms with Crippen LogP contribution < -0.4 is 10.6 Å². The number of carbonyl (C=O) groups excluding carboxylic acids is 1. The molecule has 2 heterocycles. The fraction of sp³-hybridized carbons (Fsp3) is 0.214. The van der Waals surface area contributed by atoms with Crippen molar-refractivity contribution in [3.05, 3.63) is 52.4 Å². The smallest absolute Gasteiger partial charge is 0.253 e. The molecule has 0 spiro atoms. The van der Waals surface area contributed by atoms with Crippen molar-refractivity contribution in [1.82, 2.24) is 15.3 Å². The molecule has 0 saturated carbocycles. The number of hydrogen-bond donors (Lipinski definition) is 2. The molecule has 0 aliphatic carbocycles. The number of amides is 1. The van der Waals surface area contributed by atoms with Gasteiger partial charge in [-0.15, -0.1) is 0 Å². The van der Waals surface area contributed by atoms with Gasteiger partial charge in [0, 0.05) is 19.4 Å². The van der Waals surface area contributed by atoms with Gasteiger partial charge in [-0.2, -0.15) is 0 Å². The number of nitrogens with one attached hydrogen (secondary N) is 2. The molecule has 0 saturated heterocycles. The zero-order valence-corrected chi connectivity index (χ0v) is 12.0. The fourth-order valence-corrected chi connectivity index (χ4v) is 1.90. The third kappa shape index (κ3) is 3.24. The van der Waals surface area contributed by atoms with Crippen molar-refractivity contribution in [2.75, 3.05) is 12.4 Å². The first-order valence-corrected chi connectivity index (χ1v) is 6.51. The Kier molecular flexibility index (Phi) is 4.53. The molecule has 2 rings (SSSR count). The molecule has 2 N–H and O–H groups in total. The summed E-state index contributed by atoms with van der Waals surface area (Å²) in [5, 5.41) is 6.00. The van der Waals surface area contributed by atoms with E-state index in [1.165, 1.54) is 6.20 Å². The molecule has 0 radical (unpaired) electrons. The van der Waals surface area contributed by atoms with E-state index in [1.807, 2.05) is 19.1 Å². The summed E-state index contributed by atoms with van der Waals surface area (Å²) in [5.41, 5.74) is 2.25. The number of aromatic nitrogens is 2. The second-order valence-corrected chi connectivity index (χ2v) is 4.66. The number of rotatable bonds is 4. The van der Waals surface area contributed by atoms with Gasteiger partial charge in [-0.05, 0) is 24.6 Å². The average Bonchev–Trinajstić information content (AvgIpc) is 2.46. The van der Waals surface area contributed by atoms with Gasteiger partial charge in [0.05, 0.1) is 22.8 Å². The van der Waals surface area contributed by atoms with Gasteiger partial charge in [0.2, 0.25) is 0 Å². The van der Waals surface area contributed by atoms with Crippen LogP contribution in [0.5, 0.6) is 0 Å². The summed E-state index contributed by atoms with van der Waals surface area (Å²) in [6, 6.07) is 5.43. The Hall–Kier alpha value is -2.14. The topological polar surface area (TPSA) is 66.9 Å². The Morgan fingerprint density at radius 2 is 2.20 bits per heavy atom. The molecule has 0 aliphatic rings. The van der Waals surface area contributed by atoms with E-state index in [0.29, 0.717) is 22.9 Å². The van der Waals surface area contributed by atoms with Gasteiger partial charge in [0.1, 0.15) is 5.82 Å². The summed E-state index contributed by atoms with van der Waals surface area (Å²) in [6.07, 6.45) is 3.15. The summed E-state index contributed by atoms with van der Waals surface area (Å²) in [7, 11) is 1.73. The highest BCUT2D eigenvalue weighted by Crippen LogP contribution is 2.17. The molecule has 0 bridgehead atoms. The molecule has 104 valence electrons. The normalized spacial score (nSPS) is 10.2. The molecule has 0 aliphatic heterocycles. The van der Waals surface area contributed by atoms with Gasteiger partial charge in [-0.3, -0.25) is 9.78 Å². The molecule has 0 fully saturated rings. The van der Waals surface area contributed by atoms with Gasteiger partial charge in [0.15, 0.2) is 0 Å². The van der Waals surface area contributed by atoms with Crippen molar-refractivity contribution < 1.29 is 4.79 Å². The number of aryl methyl sites for hydroxylation is 1. The lowest BCUT2D eigenvalue weighted by molar-refractivity contribution is 0.0950. The number of nitrogens with zero attached hydrogens (tertiary/aromatic N) is 2. The lowest BCUT2D eigenvalue weighted by Crippen LogP contribution is -2.24. The van der Waals surface area contributed by atoms with E-state index >= 15 is 0 Å². The summed E-state index contributed by atoms with van der Waals surface area (Å²) >= 11 is 5.99. The lowest BCUT2D eigenvalue weighted by Gasteiger charge is -2.09. The number of carbonyl (C=O) groups is 1. The molecular weight excluding hydrogens is 276 g/mol. The van der Waals surface area contributed by atoms with Crippen LogP contribution in [0.4, 0.5) is 5.82 Å². The van der Waals surface area contributed by atoms with Crippen LogP contribution in [0.3, 0.4) is 0 Å². The van der Waals surface area contributed by atoms with E-state index in [2.05, 4.69) is 20.6 Å². The first kappa shape index (κ1) is 14.3. The van der Waals surface area contributed by atoms with Crippen LogP contribution in [0.15, 0.2) is 30.6 Å². The number of halogens is 1. The number of pyridine rings is 2. The zero-order valence-electron chi connectivity index (χ0n) is 11.3. The molecule has 2 aromatic rings. The third-order valence-corrected chi connectivity index (χ3v) is 3.19. The van der Waals surface area contributed by atoms with Gasteiger partial charge in [-0.25, -0.2) is 4.98 Å². The van der Waals surface area contributed by atoms with Crippen LogP contribution in [-0.2, 0) is 6.54 Å². The van der Waals surface area contributed by atoms with Crippen LogP contribution in [0.25, 0.3) is 0 Å². The minimum atomic E-state index is -0.251. The largest absolute Gasteiger partial charge is 0.373 e. The van der Waals surface area contributed by atoms with E-state index in [9.17, 15) is 4.79 Å². The van der Waals surface area contributed by atoms with E-state index in [0.717, 1.165) is 11.3 Å². The molecule has 0 atom stereocenters. The Morgan fingerprint density at radius 3 is 2.90 bits per heavy atom.